The summed E-state index contributed by atoms with van der Waals surface area (Å²) in [6.45, 7) is 0. The van der Waals surface area contributed by atoms with Crippen LogP contribution in [0.4, 0.5) is 5.69 Å². The highest BCUT2D eigenvalue weighted by atomic mass is 16.6. The van der Waals surface area contributed by atoms with E-state index >= 15 is 0 Å². The summed E-state index contributed by atoms with van der Waals surface area (Å²) in [4.78, 5) is 36.4. The normalized spacial score (nSPS) is 11.1. The maximum Gasteiger partial charge on any atom is 0.311 e. The summed E-state index contributed by atoms with van der Waals surface area (Å²) in [7, 11) is 4.30. The number of carbonyl (C=O) groups is 2. The number of carbonyl (C=O) groups excluding carboxylic acids is 2. The van der Waals surface area contributed by atoms with Crippen LogP contribution in [0.3, 0.4) is 0 Å². The van der Waals surface area contributed by atoms with E-state index in [1.807, 2.05) is 0 Å². The number of methoxy groups -OCH3 is 3. The fraction of sp³-hybridized carbons (Fsp3) is 0.115. The number of nitro groups is 1. The van der Waals surface area contributed by atoms with E-state index in [0.29, 0.717) is 28.2 Å². The minimum absolute atomic E-state index is 0.0912. The number of hydrazone groups is 1. The maximum atomic E-state index is 13.0. The van der Waals surface area contributed by atoms with Crippen LogP contribution in [0.2, 0.25) is 0 Å². The number of rotatable bonds is 10. The van der Waals surface area contributed by atoms with Gasteiger partial charge in [-0.05, 0) is 42.5 Å². The Balaban J connectivity index is 1.89. The van der Waals surface area contributed by atoms with Crippen molar-refractivity contribution in [2.24, 2.45) is 5.10 Å². The van der Waals surface area contributed by atoms with Gasteiger partial charge in [-0.1, -0.05) is 18.2 Å². The molecule has 0 aliphatic heterocycles. The van der Waals surface area contributed by atoms with Crippen molar-refractivity contribution in [1.82, 2.24) is 10.7 Å². The standard InChI is InChI=1S/C26H24N4O7/c1-35-20-11-10-19(24(15-20)37-3)14-21(28-25(31)18-7-5-4-6-8-18)26(32)29-27-16-17-9-12-23(36-2)22(13-17)30(33)34/h4-16H,1-3H3,(H,28,31)(H,29,32)/b21-14+,27-16-. The topological polar surface area (TPSA) is 141 Å². The second kappa shape index (κ2) is 12.5. The highest BCUT2D eigenvalue weighted by molar-refractivity contribution is 6.05. The van der Waals surface area contributed by atoms with Gasteiger partial charge in [0, 0.05) is 28.8 Å². The van der Waals surface area contributed by atoms with Crippen molar-refractivity contribution in [2.45, 2.75) is 0 Å². The highest BCUT2D eigenvalue weighted by Gasteiger charge is 2.17. The van der Waals surface area contributed by atoms with Crippen LogP contribution in [0.1, 0.15) is 21.5 Å². The van der Waals surface area contributed by atoms with Crippen LogP contribution >= 0.6 is 0 Å². The first-order valence-electron chi connectivity index (χ1n) is 10.8. The summed E-state index contributed by atoms with van der Waals surface area (Å²) in [6.07, 6.45) is 2.66. The number of benzene rings is 3. The van der Waals surface area contributed by atoms with Crippen LogP contribution in [-0.2, 0) is 4.79 Å². The van der Waals surface area contributed by atoms with Crippen molar-refractivity contribution >= 4 is 29.8 Å². The maximum absolute atomic E-state index is 13.0. The van der Waals surface area contributed by atoms with Gasteiger partial charge in [0.15, 0.2) is 5.75 Å². The Morgan fingerprint density at radius 2 is 1.65 bits per heavy atom. The summed E-state index contributed by atoms with van der Waals surface area (Å²) < 4.78 is 15.6. The zero-order chi connectivity index (χ0) is 26.8. The lowest BCUT2D eigenvalue weighted by molar-refractivity contribution is -0.385. The summed E-state index contributed by atoms with van der Waals surface area (Å²) in [5.74, 6) is -0.196. The number of ether oxygens (including phenoxy) is 3. The Bertz CT molecular complexity index is 1350. The molecular formula is C26H24N4O7. The molecule has 2 N–H and O–H groups in total. The molecule has 11 nitrogen and oxygen atoms in total. The Hall–Kier alpha value is -5.19. The summed E-state index contributed by atoms with van der Waals surface area (Å²) in [6, 6.07) is 17.6. The molecule has 0 aromatic heterocycles. The molecule has 0 atom stereocenters. The first kappa shape index (κ1) is 26.4. The van der Waals surface area contributed by atoms with Crippen molar-refractivity contribution in [2.75, 3.05) is 21.3 Å². The van der Waals surface area contributed by atoms with Gasteiger partial charge >= 0.3 is 5.69 Å². The molecule has 2 amide bonds. The smallest absolute Gasteiger partial charge is 0.311 e. The van der Waals surface area contributed by atoms with Gasteiger partial charge in [0.2, 0.25) is 0 Å². The molecule has 0 bridgehead atoms. The molecule has 3 rings (SSSR count). The lowest BCUT2D eigenvalue weighted by atomic mass is 10.1. The van der Waals surface area contributed by atoms with Crippen LogP contribution in [0.15, 0.2) is 77.5 Å². The Morgan fingerprint density at radius 1 is 0.919 bits per heavy atom. The van der Waals surface area contributed by atoms with Crippen LogP contribution < -0.4 is 25.0 Å². The van der Waals surface area contributed by atoms with Gasteiger partial charge in [0.1, 0.15) is 17.2 Å². The molecule has 0 unspecified atom stereocenters. The molecule has 0 saturated heterocycles. The van der Waals surface area contributed by atoms with E-state index in [-0.39, 0.29) is 17.1 Å². The number of nitro benzene ring substituents is 1. The molecule has 3 aromatic carbocycles. The molecule has 0 aliphatic carbocycles. The van der Waals surface area contributed by atoms with E-state index in [1.165, 1.54) is 51.8 Å². The lowest BCUT2D eigenvalue weighted by Crippen LogP contribution is -2.32. The largest absolute Gasteiger partial charge is 0.497 e. The third-order valence-corrected chi connectivity index (χ3v) is 5.05. The molecule has 190 valence electrons. The molecule has 37 heavy (non-hydrogen) atoms. The average Bonchev–Trinajstić information content (AvgIpc) is 2.92. The minimum atomic E-state index is -0.735. The monoisotopic (exact) mass is 504 g/mol. The van der Waals surface area contributed by atoms with Crippen molar-refractivity contribution in [3.05, 3.63) is 99.2 Å². The quantitative estimate of drug-likeness (QED) is 0.186. The van der Waals surface area contributed by atoms with E-state index in [9.17, 15) is 19.7 Å². The zero-order valence-corrected chi connectivity index (χ0v) is 20.3. The second-order valence-corrected chi connectivity index (χ2v) is 7.37. The Kier molecular flexibility index (Phi) is 8.92. The van der Waals surface area contributed by atoms with Crippen LogP contribution in [0, 0.1) is 10.1 Å². The molecule has 0 heterocycles. The molecule has 3 aromatic rings. The highest BCUT2D eigenvalue weighted by Crippen LogP contribution is 2.27. The van der Waals surface area contributed by atoms with Gasteiger partial charge in [-0.2, -0.15) is 5.10 Å². The van der Waals surface area contributed by atoms with Gasteiger partial charge in [-0.15, -0.1) is 0 Å². The van der Waals surface area contributed by atoms with Gasteiger partial charge in [0.25, 0.3) is 11.8 Å². The van der Waals surface area contributed by atoms with E-state index in [2.05, 4.69) is 15.8 Å². The second-order valence-electron chi connectivity index (χ2n) is 7.37. The predicted molar refractivity (Wildman–Crippen MR) is 137 cm³/mol. The van der Waals surface area contributed by atoms with E-state index in [4.69, 9.17) is 14.2 Å². The van der Waals surface area contributed by atoms with Crippen LogP contribution in [0.5, 0.6) is 17.2 Å². The number of amides is 2. The van der Waals surface area contributed by atoms with E-state index in [1.54, 1.807) is 48.5 Å². The Labute approximate surface area is 212 Å². The van der Waals surface area contributed by atoms with Gasteiger partial charge in [-0.3, -0.25) is 19.7 Å². The molecule has 11 heteroatoms. The lowest BCUT2D eigenvalue weighted by Gasteiger charge is -2.11. The van der Waals surface area contributed by atoms with E-state index < -0.39 is 16.7 Å². The zero-order valence-electron chi connectivity index (χ0n) is 20.3. The first-order valence-corrected chi connectivity index (χ1v) is 10.8. The molecule has 0 fully saturated rings. The van der Waals surface area contributed by atoms with Crippen molar-refractivity contribution in [3.8, 4) is 17.2 Å². The molecule has 0 saturated carbocycles. The number of hydrogen-bond acceptors (Lipinski definition) is 8. The fourth-order valence-corrected chi connectivity index (χ4v) is 3.19. The summed E-state index contributed by atoms with van der Waals surface area (Å²) in [5, 5.41) is 17.7. The van der Waals surface area contributed by atoms with Gasteiger partial charge in [-0.25, -0.2) is 5.43 Å². The van der Waals surface area contributed by atoms with Crippen molar-refractivity contribution in [3.63, 3.8) is 0 Å². The molecule has 0 spiro atoms. The first-order chi connectivity index (χ1) is 17.9. The van der Waals surface area contributed by atoms with Crippen molar-refractivity contribution < 1.29 is 28.7 Å². The van der Waals surface area contributed by atoms with E-state index in [0.717, 1.165) is 0 Å². The third kappa shape index (κ3) is 6.92. The van der Waals surface area contributed by atoms with Gasteiger partial charge < -0.3 is 19.5 Å². The Morgan fingerprint density at radius 3 is 2.30 bits per heavy atom. The fourth-order valence-electron chi connectivity index (χ4n) is 3.19. The summed E-state index contributed by atoms with van der Waals surface area (Å²) >= 11 is 0. The van der Waals surface area contributed by atoms with Crippen LogP contribution in [-0.4, -0.2) is 44.3 Å². The number of hydrogen-bond donors (Lipinski definition) is 2. The molecule has 0 radical (unpaired) electrons. The van der Waals surface area contributed by atoms with Gasteiger partial charge in [0.05, 0.1) is 32.5 Å². The predicted octanol–water partition coefficient (Wildman–Crippen LogP) is 3.54. The SMILES string of the molecule is COc1ccc(/C=C(/NC(=O)c2ccccc2)C(=O)N/N=C\c2ccc(OC)c([N+](=O)[O-])c2)c(OC)c1. The summed E-state index contributed by atoms with van der Waals surface area (Å²) in [5.41, 5.74) is 3.15. The minimum Gasteiger partial charge on any atom is -0.497 e. The average molecular weight is 504 g/mol. The molecule has 0 aliphatic rings. The third-order valence-electron chi connectivity index (χ3n) is 5.05. The molecular weight excluding hydrogens is 480 g/mol. The number of nitrogens with one attached hydrogen (secondary N) is 2. The van der Waals surface area contributed by atoms with Crippen LogP contribution in [0.25, 0.3) is 6.08 Å². The number of nitrogens with zero attached hydrogens (tertiary/aromatic N) is 2. The van der Waals surface area contributed by atoms with Crippen molar-refractivity contribution in [1.29, 1.82) is 0 Å².